The van der Waals surface area contributed by atoms with Gasteiger partial charge >= 0.3 is 0 Å². The maximum absolute atomic E-state index is 11.1. The molecule has 0 saturated heterocycles. The van der Waals surface area contributed by atoms with Crippen molar-refractivity contribution in [2.75, 3.05) is 11.9 Å². The summed E-state index contributed by atoms with van der Waals surface area (Å²) in [6.45, 7) is 2.86. The number of fused-ring (bicyclic) bond motifs is 1. The standard InChI is InChI=1S/C13H15NO4S/c1-2-5-14-10-4-3-9-6-11(19(16,17)18)8-13(15)12(9)7-10/h3-4,6-8,14-15H,2,5H2,1H3,(H,16,17,18). The fourth-order valence-corrected chi connectivity index (χ4v) is 2.38. The lowest BCUT2D eigenvalue weighted by Gasteiger charge is -2.08. The van der Waals surface area contributed by atoms with Crippen LogP contribution in [0.3, 0.4) is 0 Å². The van der Waals surface area contributed by atoms with Gasteiger partial charge in [0.1, 0.15) is 5.75 Å². The van der Waals surface area contributed by atoms with Crippen molar-refractivity contribution >= 4 is 26.6 Å². The first kappa shape index (κ1) is 13.6. The quantitative estimate of drug-likeness (QED) is 0.750. The Morgan fingerprint density at radius 1 is 1.21 bits per heavy atom. The first-order valence-electron chi connectivity index (χ1n) is 5.90. The van der Waals surface area contributed by atoms with Crippen LogP contribution in [0.5, 0.6) is 5.75 Å². The van der Waals surface area contributed by atoms with Gasteiger partial charge in [0.15, 0.2) is 0 Å². The number of phenolic OH excluding ortho intramolecular Hbond substituents is 1. The number of hydrogen-bond acceptors (Lipinski definition) is 4. The van der Waals surface area contributed by atoms with Crippen molar-refractivity contribution in [3.8, 4) is 5.75 Å². The van der Waals surface area contributed by atoms with Gasteiger partial charge in [-0.2, -0.15) is 8.42 Å². The second-order valence-electron chi connectivity index (χ2n) is 4.28. The van der Waals surface area contributed by atoms with Crippen LogP contribution < -0.4 is 5.32 Å². The molecule has 19 heavy (non-hydrogen) atoms. The molecule has 0 unspecified atom stereocenters. The van der Waals surface area contributed by atoms with E-state index in [1.807, 2.05) is 6.92 Å². The molecule has 0 aliphatic carbocycles. The molecular weight excluding hydrogens is 266 g/mol. The molecule has 0 amide bonds. The highest BCUT2D eigenvalue weighted by molar-refractivity contribution is 7.85. The summed E-state index contributed by atoms with van der Waals surface area (Å²) in [5.74, 6) is -0.176. The van der Waals surface area contributed by atoms with E-state index in [-0.39, 0.29) is 10.6 Å². The minimum atomic E-state index is -4.32. The van der Waals surface area contributed by atoms with Gasteiger partial charge in [0.2, 0.25) is 0 Å². The van der Waals surface area contributed by atoms with Gasteiger partial charge in [0, 0.05) is 23.7 Å². The number of rotatable bonds is 4. The van der Waals surface area contributed by atoms with E-state index in [1.54, 1.807) is 18.2 Å². The van der Waals surface area contributed by atoms with Crippen LogP contribution in [0.4, 0.5) is 5.69 Å². The van der Waals surface area contributed by atoms with Crippen LogP contribution in [0.15, 0.2) is 35.2 Å². The van der Waals surface area contributed by atoms with Gasteiger partial charge in [-0.3, -0.25) is 4.55 Å². The molecule has 0 atom stereocenters. The van der Waals surface area contributed by atoms with Gasteiger partial charge in [-0.25, -0.2) is 0 Å². The largest absolute Gasteiger partial charge is 0.507 e. The zero-order valence-corrected chi connectivity index (χ0v) is 11.2. The lowest BCUT2D eigenvalue weighted by molar-refractivity contribution is 0.471. The van der Waals surface area contributed by atoms with E-state index in [0.717, 1.165) is 24.7 Å². The summed E-state index contributed by atoms with van der Waals surface area (Å²) < 4.78 is 31.1. The van der Waals surface area contributed by atoms with Crippen molar-refractivity contribution in [1.82, 2.24) is 0 Å². The molecule has 0 aliphatic heterocycles. The monoisotopic (exact) mass is 281 g/mol. The fraction of sp³-hybridized carbons (Fsp3) is 0.231. The van der Waals surface area contributed by atoms with Gasteiger partial charge in [0.05, 0.1) is 4.90 Å². The Balaban J connectivity index is 2.54. The van der Waals surface area contributed by atoms with Crippen LogP contribution in [0.25, 0.3) is 10.8 Å². The molecule has 2 aromatic rings. The molecule has 0 fully saturated rings. The molecule has 2 rings (SSSR count). The molecule has 0 radical (unpaired) electrons. The smallest absolute Gasteiger partial charge is 0.294 e. The zero-order chi connectivity index (χ0) is 14.0. The summed E-state index contributed by atoms with van der Waals surface area (Å²) in [5.41, 5.74) is 0.851. The van der Waals surface area contributed by atoms with Crippen LogP contribution in [0.2, 0.25) is 0 Å². The van der Waals surface area contributed by atoms with Crippen molar-refractivity contribution in [3.63, 3.8) is 0 Å². The average Bonchev–Trinajstić information content (AvgIpc) is 2.35. The molecule has 102 valence electrons. The molecule has 6 heteroatoms. The van der Waals surface area contributed by atoms with Crippen molar-refractivity contribution in [2.45, 2.75) is 18.2 Å². The topological polar surface area (TPSA) is 86.6 Å². The molecule has 3 N–H and O–H groups in total. The molecule has 2 aromatic carbocycles. The maximum Gasteiger partial charge on any atom is 0.294 e. The summed E-state index contributed by atoms with van der Waals surface area (Å²) in [6, 6.07) is 7.61. The van der Waals surface area contributed by atoms with E-state index in [0.29, 0.717) is 10.8 Å². The fourth-order valence-electron chi connectivity index (χ4n) is 1.84. The van der Waals surface area contributed by atoms with Crippen molar-refractivity contribution in [2.24, 2.45) is 0 Å². The Morgan fingerprint density at radius 3 is 2.58 bits per heavy atom. The first-order chi connectivity index (χ1) is 8.91. The Hall–Kier alpha value is -1.79. The summed E-state index contributed by atoms with van der Waals surface area (Å²) in [6.07, 6.45) is 0.978. The Kier molecular flexibility index (Phi) is 3.64. The number of nitrogens with one attached hydrogen (secondary N) is 1. The SMILES string of the molecule is CCCNc1ccc2cc(S(=O)(=O)O)cc(O)c2c1. The number of benzene rings is 2. The highest BCUT2D eigenvalue weighted by Gasteiger charge is 2.13. The van der Waals surface area contributed by atoms with Gasteiger partial charge < -0.3 is 10.4 Å². The van der Waals surface area contributed by atoms with Gasteiger partial charge in [-0.15, -0.1) is 0 Å². The number of aromatic hydroxyl groups is 1. The van der Waals surface area contributed by atoms with Crippen molar-refractivity contribution in [1.29, 1.82) is 0 Å². The minimum absolute atomic E-state index is 0.176. The molecular formula is C13H15NO4S. The Labute approximate surface area is 111 Å². The van der Waals surface area contributed by atoms with E-state index in [2.05, 4.69) is 5.32 Å². The van der Waals surface area contributed by atoms with E-state index in [4.69, 9.17) is 4.55 Å². The summed E-state index contributed by atoms with van der Waals surface area (Å²) in [4.78, 5) is -0.313. The predicted octanol–water partition coefficient (Wildman–Crippen LogP) is 2.61. The molecule has 0 aromatic heterocycles. The van der Waals surface area contributed by atoms with Crippen LogP contribution in [0.1, 0.15) is 13.3 Å². The van der Waals surface area contributed by atoms with Gasteiger partial charge in [-0.05, 0) is 30.0 Å². The van der Waals surface area contributed by atoms with Crippen LogP contribution in [-0.4, -0.2) is 24.6 Å². The second kappa shape index (κ2) is 5.07. The highest BCUT2D eigenvalue weighted by atomic mass is 32.2. The van der Waals surface area contributed by atoms with E-state index >= 15 is 0 Å². The molecule has 0 bridgehead atoms. The van der Waals surface area contributed by atoms with Gasteiger partial charge in [-0.1, -0.05) is 13.0 Å². The third-order valence-electron chi connectivity index (χ3n) is 2.78. The lowest BCUT2D eigenvalue weighted by Crippen LogP contribution is -2.00. The Bertz CT molecular complexity index is 710. The van der Waals surface area contributed by atoms with E-state index < -0.39 is 10.1 Å². The third-order valence-corrected chi connectivity index (χ3v) is 3.61. The highest BCUT2D eigenvalue weighted by Crippen LogP contribution is 2.30. The molecule has 0 spiro atoms. The third kappa shape index (κ3) is 2.97. The Morgan fingerprint density at radius 2 is 1.95 bits per heavy atom. The zero-order valence-electron chi connectivity index (χ0n) is 10.4. The van der Waals surface area contributed by atoms with Crippen molar-refractivity contribution in [3.05, 3.63) is 30.3 Å². The number of anilines is 1. The minimum Gasteiger partial charge on any atom is -0.507 e. The van der Waals surface area contributed by atoms with E-state index in [1.165, 1.54) is 6.07 Å². The second-order valence-corrected chi connectivity index (χ2v) is 5.70. The van der Waals surface area contributed by atoms with Crippen LogP contribution >= 0.6 is 0 Å². The lowest BCUT2D eigenvalue weighted by atomic mass is 10.1. The maximum atomic E-state index is 11.1. The summed E-state index contributed by atoms with van der Waals surface area (Å²) >= 11 is 0. The number of hydrogen-bond donors (Lipinski definition) is 3. The van der Waals surface area contributed by atoms with E-state index in [9.17, 15) is 13.5 Å². The first-order valence-corrected chi connectivity index (χ1v) is 7.34. The normalized spacial score (nSPS) is 11.7. The van der Waals surface area contributed by atoms with Gasteiger partial charge in [0.25, 0.3) is 10.1 Å². The van der Waals surface area contributed by atoms with Crippen LogP contribution in [-0.2, 0) is 10.1 Å². The predicted molar refractivity (Wildman–Crippen MR) is 74.2 cm³/mol. The molecule has 0 aliphatic rings. The molecule has 5 nitrogen and oxygen atoms in total. The van der Waals surface area contributed by atoms with Crippen molar-refractivity contribution < 1.29 is 18.1 Å². The molecule has 0 heterocycles. The summed E-state index contributed by atoms with van der Waals surface area (Å²) in [7, 11) is -4.32. The van der Waals surface area contributed by atoms with Crippen LogP contribution in [0, 0.1) is 0 Å². The average molecular weight is 281 g/mol. The summed E-state index contributed by atoms with van der Waals surface area (Å²) in [5, 5.41) is 14.1. The number of phenols is 1. The molecule has 0 saturated carbocycles.